The van der Waals surface area contributed by atoms with Crippen LogP contribution in [0.3, 0.4) is 0 Å². The molecule has 1 N–H and O–H groups in total. The number of halogens is 3. The van der Waals surface area contributed by atoms with E-state index in [0.29, 0.717) is 4.47 Å². The lowest BCUT2D eigenvalue weighted by molar-refractivity contribution is -0.132. The van der Waals surface area contributed by atoms with Crippen molar-refractivity contribution >= 4 is 43.7 Å². The van der Waals surface area contributed by atoms with Crippen molar-refractivity contribution in [2.75, 3.05) is 13.1 Å². The van der Waals surface area contributed by atoms with Gasteiger partial charge in [-0.3, -0.25) is 9.59 Å². The lowest BCUT2D eigenvalue weighted by Gasteiger charge is -2.25. The molecule has 2 amide bonds. The fourth-order valence-corrected chi connectivity index (χ4v) is 3.98. The number of likely N-dealkylation sites (tertiary alicyclic amines) is 1. The van der Waals surface area contributed by atoms with Crippen LogP contribution < -0.4 is 5.32 Å². The number of carbonyl (C=O) groups is 2. The third-order valence-electron chi connectivity index (χ3n) is 4.63. The first-order chi connectivity index (χ1) is 13.0. The van der Waals surface area contributed by atoms with Gasteiger partial charge in [0.2, 0.25) is 5.91 Å². The average Bonchev–Trinajstić information content (AvgIpc) is 3.14. The monoisotopic (exact) mass is 496 g/mol. The maximum atomic E-state index is 13.3. The molecule has 2 aromatic carbocycles. The van der Waals surface area contributed by atoms with Crippen molar-refractivity contribution < 1.29 is 14.0 Å². The number of benzene rings is 2. The van der Waals surface area contributed by atoms with E-state index in [1.54, 1.807) is 0 Å². The topological polar surface area (TPSA) is 49.4 Å². The molecule has 1 unspecified atom stereocenters. The molecule has 1 saturated heterocycles. The Bertz CT molecular complexity index is 842. The molecule has 1 aliphatic rings. The molecular formula is C20H19Br2FN2O2. The fourth-order valence-electron chi connectivity index (χ4n) is 3.29. The normalized spacial score (nSPS) is 16.4. The number of carbonyl (C=O) groups excluding carboxylic acids is 2. The van der Waals surface area contributed by atoms with Gasteiger partial charge in [-0.25, -0.2) is 4.39 Å². The molecule has 7 heteroatoms. The van der Waals surface area contributed by atoms with Gasteiger partial charge in [0.05, 0.1) is 11.6 Å². The Morgan fingerprint density at radius 3 is 2.63 bits per heavy atom. The molecule has 1 heterocycles. The molecule has 1 aliphatic heterocycles. The number of hydrogen-bond acceptors (Lipinski definition) is 2. The number of nitrogens with one attached hydrogen (secondary N) is 1. The SMILES string of the molecule is O=C(NCCC(=O)N1CCCC1c1ccc(Br)cc1)c1cc(F)ccc1Br. The van der Waals surface area contributed by atoms with E-state index in [0.717, 1.165) is 29.4 Å². The first-order valence-electron chi connectivity index (χ1n) is 8.74. The zero-order valence-corrected chi connectivity index (χ0v) is 17.7. The summed E-state index contributed by atoms with van der Waals surface area (Å²) in [6, 6.07) is 12.0. The van der Waals surface area contributed by atoms with Crippen LogP contribution in [0.5, 0.6) is 0 Å². The summed E-state index contributed by atoms with van der Waals surface area (Å²) in [6.07, 6.45) is 2.12. The van der Waals surface area contributed by atoms with E-state index in [1.807, 2.05) is 29.2 Å². The summed E-state index contributed by atoms with van der Waals surface area (Å²) in [7, 11) is 0. The molecule has 1 atom stereocenters. The maximum absolute atomic E-state index is 13.3. The van der Waals surface area contributed by atoms with Gasteiger partial charge < -0.3 is 10.2 Å². The second kappa shape index (κ2) is 8.97. The van der Waals surface area contributed by atoms with Gasteiger partial charge in [0.1, 0.15) is 5.82 Å². The van der Waals surface area contributed by atoms with Crippen LogP contribution in [-0.4, -0.2) is 29.8 Å². The summed E-state index contributed by atoms with van der Waals surface area (Å²) >= 11 is 6.67. The Labute approximate surface area is 174 Å². The van der Waals surface area contributed by atoms with E-state index in [-0.39, 0.29) is 30.5 Å². The highest BCUT2D eigenvalue weighted by atomic mass is 79.9. The number of rotatable bonds is 5. The summed E-state index contributed by atoms with van der Waals surface area (Å²) in [4.78, 5) is 26.7. The van der Waals surface area contributed by atoms with E-state index < -0.39 is 11.7 Å². The third-order valence-corrected chi connectivity index (χ3v) is 5.85. The summed E-state index contributed by atoms with van der Waals surface area (Å²) < 4.78 is 14.9. The number of nitrogens with zero attached hydrogens (tertiary/aromatic N) is 1. The lowest BCUT2D eigenvalue weighted by Crippen LogP contribution is -2.34. The Morgan fingerprint density at radius 2 is 1.89 bits per heavy atom. The van der Waals surface area contributed by atoms with E-state index in [1.165, 1.54) is 18.2 Å². The van der Waals surface area contributed by atoms with Gasteiger partial charge in [-0.1, -0.05) is 28.1 Å². The first kappa shape index (κ1) is 20.0. The van der Waals surface area contributed by atoms with Gasteiger partial charge >= 0.3 is 0 Å². The second-order valence-corrected chi connectivity index (χ2v) is 8.20. The molecule has 27 heavy (non-hydrogen) atoms. The zero-order chi connectivity index (χ0) is 19.4. The van der Waals surface area contributed by atoms with Gasteiger partial charge in [-0.05, 0) is 64.7 Å². The van der Waals surface area contributed by atoms with Gasteiger partial charge in [0, 0.05) is 28.5 Å². The van der Waals surface area contributed by atoms with Gasteiger partial charge in [0.25, 0.3) is 5.91 Å². The largest absolute Gasteiger partial charge is 0.351 e. The Hall–Kier alpha value is -1.73. The van der Waals surface area contributed by atoms with Crippen LogP contribution >= 0.6 is 31.9 Å². The molecule has 0 aliphatic carbocycles. The summed E-state index contributed by atoms with van der Waals surface area (Å²) in [5.74, 6) is -0.868. The maximum Gasteiger partial charge on any atom is 0.252 e. The van der Waals surface area contributed by atoms with Gasteiger partial charge in [-0.15, -0.1) is 0 Å². The number of amides is 2. The average molecular weight is 498 g/mol. The first-order valence-corrected chi connectivity index (χ1v) is 10.3. The highest BCUT2D eigenvalue weighted by Gasteiger charge is 2.29. The Morgan fingerprint density at radius 1 is 1.15 bits per heavy atom. The predicted molar refractivity (Wildman–Crippen MR) is 109 cm³/mol. The van der Waals surface area contributed by atoms with E-state index >= 15 is 0 Å². The van der Waals surface area contributed by atoms with E-state index in [2.05, 4.69) is 37.2 Å². The van der Waals surface area contributed by atoms with Crippen molar-refractivity contribution in [3.05, 3.63) is 68.4 Å². The Balaban J connectivity index is 1.56. The standard InChI is InChI=1S/C20H19Br2FN2O2/c21-14-5-3-13(4-6-14)18-2-1-11-25(18)19(26)9-10-24-20(27)16-12-15(23)7-8-17(16)22/h3-8,12,18H,1-2,9-11H2,(H,24,27). The summed E-state index contributed by atoms with van der Waals surface area (Å²) in [5.41, 5.74) is 1.34. The minimum Gasteiger partial charge on any atom is -0.351 e. The summed E-state index contributed by atoms with van der Waals surface area (Å²) in [5, 5.41) is 2.69. The molecule has 3 rings (SSSR count). The van der Waals surface area contributed by atoms with Crippen LogP contribution in [0.1, 0.15) is 41.2 Å². The smallest absolute Gasteiger partial charge is 0.252 e. The molecule has 4 nitrogen and oxygen atoms in total. The molecule has 0 aromatic heterocycles. The van der Waals surface area contributed by atoms with Crippen LogP contribution in [0.4, 0.5) is 4.39 Å². The lowest BCUT2D eigenvalue weighted by atomic mass is 10.0. The third kappa shape index (κ3) is 4.96. The van der Waals surface area contributed by atoms with Crippen LogP contribution in [0.15, 0.2) is 51.4 Å². The molecule has 2 aromatic rings. The summed E-state index contributed by atoms with van der Waals surface area (Å²) in [6.45, 7) is 0.938. The quantitative estimate of drug-likeness (QED) is 0.642. The van der Waals surface area contributed by atoms with Crippen LogP contribution in [0, 0.1) is 5.82 Å². The van der Waals surface area contributed by atoms with Crippen molar-refractivity contribution in [3.8, 4) is 0 Å². The predicted octanol–water partition coefficient (Wildman–Crippen LogP) is 4.83. The molecule has 0 bridgehead atoms. The molecule has 0 radical (unpaired) electrons. The van der Waals surface area contributed by atoms with Crippen LogP contribution in [0.2, 0.25) is 0 Å². The van der Waals surface area contributed by atoms with Crippen molar-refractivity contribution in [1.29, 1.82) is 0 Å². The number of hydrogen-bond donors (Lipinski definition) is 1. The molecule has 142 valence electrons. The van der Waals surface area contributed by atoms with Crippen molar-refractivity contribution in [2.24, 2.45) is 0 Å². The van der Waals surface area contributed by atoms with Crippen LogP contribution in [0.25, 0.3) is 0 Å². The minimum absolute atomic E-state index is 0.0130. The van der Waals surface area contributed by atoms with Crippen LogP contribution in [-0.2, 0) is 4.79 Å². The Kier molecular flexibility index (Phi) is 6.65. The fraction of sp³-hybridized carbons (Fsp3) is 0.300. The van der Waals surface area contributed by atoms with E-state index in [9.17, 15) is 14.0 Å². The zero-order valence-electron chi connectivity index (χ0n) is 14.6. The van der Waals surface area contributed by atoms with Crippen molar-refractivity contribution in [2.45, 2.75) is 25.3 Å². The minimum atomic E-state index is -0.478. The highest BCUT2D eigenvalue weighted by Crippen LogP contribution is 2.32. The second-order valence-electron chi connectivity index (χ2n) is 6.43. The van der Waals surface area contributed by atoms with E-state index in [4.69, 9.17) is 0 Å². The van der Waals surface area contributed by atoms with Gasteiger partial charge in [-0.2, -0.15) is 0 Å². The van der Waals surface area contributed by atoms with Gasteiger partial charge in [0.15, 0.2) is 0 Å². The molecule has 1 fully saturated rings. The van der Waals surface area contributed by atoms with Crippen molar-refractivity contribution in [3.63, 3.8) is 0 Å². The molecular weight excluding hydrogens is 479 g/mol. The highest BCUT2D eigenvalue weighted by molar-refractivity contribution is 9.10. The molecule has 0 spiro atoms. The van der Waals surface area contributed by atoms with Crippen molar-refractivity contribution in [1.82, 2.24) is 10.2 Å². The molecule has 0 saturated carbocycles.